The van der Waals surface area contributed by atoms with Gasteiger partial charge in [0.2, 0.25) is 0 Å². The predicted molar refractivity (Wildman–Crippen MR) is 100 cm³/mol. The van der Waals surface area contributed by atoms with Crippen molar-refractivity contribution in [3.8, 4) is 0 Å². The molecular weight excluding hydrogens is 338 g/mol. The molecule has 1 atom stereocenters. The third kappa shape index (κ3) is 4.60. The molecule has 5 heteroatoms. The van der Waals surface area contributed by atoms with Gasteiger partial charge in [-0.25, -0.2) is 4.79 Å². The summed E-state index contributed by atoms with van der Waals surface area (Å²) in [7, 11) is 0. The summed E-state index contributed by atoms with van der Waals surface area (Å²) in [5.41, 5.74) is 3.01. The number of halogens is 1. The molecule has 0 bridgehead atoms. The van der Waals surface area contributed by atoms with Gasteiger partial charge in [-0.05, 0) is 43.0 Å². The minimum atomic E-state index is -0.941. The third-order valence-corrected chi connectivity index (χ3v) is 4.25. The van der Waals surface area contributed by atoms with Crippen molar-refractivity contribution in [2.75, 3.05) is 5.32 Å². The lowest BCUT2D eigenvalue weighted by molar-refractivity contribution is -0.123. The number of para-hydroxylation sites is 1. The van der Waals surface area contributed by atoms with E-state index >= 15 is 0 Å². The predicted octanol–water partition coefficient (Wildman–Crippen LogP) is 4.96. The molecule has 2 rings (SSSR count). The van der Waals surface area contributed by atoms with Crippen LogP contribution < -0.4 is 5.32 Å². The average Bonchev–Trinajstić information content (AvgIpc) is 2.56. The molecular formula is C20H22ClNO3. The van der Waals surface area contributed by atoms with Crippen LogP contribution in [0.3, 0.4) is 0 Å². The zero-order chi connectivity index (χ0) is 18.6. The van der Waals surface area contributed by atoms with Gasteiger partial charge < -0.3 is 10.1 Å². The number of carbonyl (C=O) groups excluding carboxylic acids is 2. The SMILES string of the molecule is Cc1cccc(C(C)C)c1NC(=O)C(C)OC(=O)c1ccccc1Cl. The summed E-state index contributed by atoms with van der Waals surface area (Å²) in [6, 6.07) is 12.5. The summed E-state index contributed by atoms with van der Waals surface area (Å²) in [5, 5.41) is 3.17. The molecule has 4 nitrogen and oxygen atoms in total. The number of aryl methyl sites for hydroxylation is 1. The molecule has 0 saturated carbocycles. The highest BCUT2D eigenvalue weighted by molar-refractivity contribution is 6.33. The number of hydrogen-bond acceptors (Lipinski definition) is 3. The van der Waals surface area contributed by atoms with Crippen LogP contribution in [-0.4, -0.2) is 18.0 Å². The molecule has 0 saturated heterocycles. The molecule has 25 heavy (non-hydrogen) atoms. The van der Waals surface area contributed by atoms with E-state index < -0.39 is 12.1 Å². The highest BCUT2D eigenvalue weighted by atomic mass is 35.5. The largest absolute Gasteiger partial charge is 0.449 e. The number of hydrogen-bond donors (Lipinski definition) is 1. The van der Waals surface area contributed by atoms with E-state index in [0.29, 0.717) is 5.02 Å². The molecule has 1 unspecified atom stereocenters. The van der Waals surface area contributed by atoms with E-state index in [1.54, 1.807) is 24.3 Å². The normalized spacial score (nSPS) is 11.9. The number of carbonyl (C=O) groups is 2. The van der Waals surface area contributed by atoms with E-state index in [1.165, 1.54) is 6.92 Å². The smallest absolute Gasteiger partial charge is 0.340 e. The molecule has 1 N–H and O–H groups in total. The monoisotopic (exact) mass is 359 g/mol. The number of amides is 1. The Hall–Kier alpha value is -2.33. The molecule has 0 spiro atoms. The summed E-state index contributed by atoms with van der Waals surface area (Å²) in [6.45, 7) is 7.59. The van der Waals surface area contributed by atoms with Crippen molar-refractivity contribution < 1.29 is 14.3 Å². The quantitative estimate of drug-likeness (QED) is 0.768. The Morgan fingerprint density at radius 1 is 1.04 bits per heavy atom. The number of ether oxygens (including phenoxy) is 1. The van der Waals surface area contributed by atoms with Crippen molar-refractivity contribution in [3.63, 3.8) is 0 Å². The van der Waals surface area contributed by atoms with Crippen molar-refractivity contribution in [2.45, 2.75) is 39.7 Å². The Labute approximate surface area is 153 Å². The van der Waals surface area contributed by atoms with Crippen molar-refractivity contribution >= 4 is 29.2 Å². The maximum absolute atomic E-state index is 12.5. The minimum absolute atomic E-state index is 0.238. The molecule has 0 heterocycles. The van der Waals surface area contributed by atoms with Crippen molar-refractivity contribution in [2.24, 2.45) is 0 Å². The van der Waals surface area contributed by atoms with Gasteiger partial charge in [0.1, 0.15) is 0 Å². The van der Waals surface area contributed by atoms with E-state index in [0.717, 1.165) is 16.8 Å². The first-order valence-corrected chi connectivity index (χ1v) is 8.55. The summed E-state index contributed by atoms with van der Waals surface area (Å²) < 4.78 is 5.26. The maximum Gasteiger partial charge on any atom is 0.340 e. The summed E-state index contributed by atoms with van der Waals surface area (Å²) in [4.78, 5) is 24.7. The lowest BCUT2D eigenvalue weighted by Gasteiger charge is -2.19. The number of nitrogens with one attached hydrogen (secondary N) is 1. The standard InChI is InChI=1S/C20H22ClNO3/c1-12(2)15-10-7-8-13(3)18(15)22-19(23)14(4)25-20(24)16-9-5-6-11-17(16)21/h5-12,14H,1-4H3,(H,22,23). The number of rotatable bonds is 5. The second-order valence-corrected chi connectivity index (χ2v) is 6.62. The van der Waals surface area contributed by atoms with Crippen LogP contribution in [0.25, 0.3) is 0 Å². The van der Waals surface area contributed by atoms with Crippen molar-refractivity contribution in [3.05, 3.63) is 64.2 Å². The van der Waals surface area contributed by atoms with Gasteiger partial charge in [0.25, 0.3) is 5.91 Å². The highest BCUT2D eigenvalue weighted by Crippen LogP contribution is 2.27. The van der Waals surface area contributed by atoms with Crippen LogP contribution >= 0.6 is 11.6 Å². The van der Waals surface area contributed by atoms with E-state index in [4.69, 9.17) is 16.3 Å². The van der Waals surface area contributed by atoms with Crippen LogP contribution in [0, 0.1) is 6.92 Å². The zero-order valence-electron chi connectivity index (χ0n) is 14.8. The summed E-state index contributed by atoms with van der Waals surface area (Å²) in [6.07, 6.45) is -0.941. The van der Waals surface area contributed by atoms with E-state index in [1.807, 2.05) is 25.1 Å². The minimum Gasteiger partial charge on any atom is -0.449 e. The lowest BCUT2D eigenvalue weighted by Crippen LogP contribution is -2.30. The fraction of sp³-hybridized carbons (Fsp3) is 0.300. The molecule has 0 fully saturated rings. The van der Waals surface area contributed by atoms with E-state index in [-0.39, 0.29) is 17.4 Å². The van der Waals surface area contributed by atoms with Crippen LogP contribution in [0.2, 0.25) is 5.02 Å². The van der Waals surface area contributed by atoms with Crippen LogP contribution in [0.15, 0.2) is 42.5 Å². The van der Waals surface area contributed by atoms with Crippen LogP contribution in [0.4, 0.5) is 5.69 Å². The van der Waals surface area contributed by atoms with Gasteiger partial charge in [0, 0.05) is 5.69 Å². The Morgan fingerprint density at radius 3 is 2.36 bits per heavy atom. The second kappa shape index (κ2) is 8.17. The topological polar surface area (TPSA) is 55.4 Å². The number of anilines is 1. The molecule has 0 aromatic heterocycles. The van der Waals surface area contributed by atoms with Gasteiger partial charge in [-0.3, -0.25) is 4.79 Å². The fourth-order valence-electron chi connectivity index (χ4n) is 2.47. The molecule has 132 valence electrons. The third-order valence-electron chi connectivity index (χ3n) is 3.92. The molecule has 0 radical (unpaired) electrons. The number of esters is 1. The van der Waals surface area contributed by atoms with Gasteiger partial charge in [-0.15, -0.1) is 0 Å². The van der Waals surface area contributed by atoms with Gasteiger partial charge in [-0.2, -0.15) is 0 Å². The molecule has 0 aliphatic carbocycles. The molecule has 0 aliphatic heterocycles. The number of benzene rings is 2. The Morgan fingerprint density at radius 2 is 1.72 bits per heavy atom. The van der Waals surface area contributed by atoms with E-state index in [2.05, 4.69) is 19.2 Å². The fourth-order valence-corrected chi connectivity index (χ4v) is 2.68. The average molecular weight is 360 g/mol. The first kappa shape index (κ1) is 19.0. The molecule has 2 aromatic rings. The first-order chi connectivity index (χ1) is 11.8. The summed E-state index contributed by atoms with van der Waals surface area (Å²) >= 11 is 5.99. The first-order valence-electron chi connectivity index (χ1n) is 8.17. The van der Waals surface area contributed by atoms with E-state index in [9.17, 15) is 9.59 Å². The lowest BCUT2D eigenvalue weighted by atomic mass is 9.98. The van der Waals surface area contributed by atoms with Crippen LogP contribution in [-0.2, 0) is 9.53 Å². The summed E-state index contributed by atoms with van der Waals surface area (Å²) in [5.74, 6) is -0.741. The second-order valence-electron chi connectivity index (χ2n) is 6.21. The van der Waals surface area contributed by atoms with Crippen molar-refractivity contribution in [1.82, 2.24) is 0 Å². The zero-order valence-corrected chi connectivity index (χ0v) is 15.6. The Balaban J connectivity index is 2.12. The van der Waals surface area contributed by atoms with Gasteiger partial charge in [0.15, 0.2) is 6.10 Å². The van der Waals surface area contributed by atoms with Crippen molar-refractivity contribution in [1.29, 1.82) is 0 Å². The Kier molecular flexibility index (Phi) is 6.21. The van der Waals surface area contributed by atoms with Gasteiger partial charge in [-0.1, -0.05) is 55.8 Å². The molecule has 1 amide bonds. The molecule has 2 aromatic carbocycles. The van der Waals surface area contributed by atoms with Gasteiger partial charge in [0.05, 0.1) is 10.6 Å². The van der Waals surface area contributed by atoms with Gasteiger partial charge >= 0.3 is 5.97 Å². The van der Waals surface area contributed by atoms with Crippen LogP contribution in [0.5, 0.6) is 0 Å². The molecule has 0 aliphatic rings. The Bertz CT molecular complexity index is 786. The van der Waals surface area contributed by atoms with Crippen LogP contribution in [0.1, 0.15) is 48.2 Å². The maximum atomic E-state index is 12.5. The highest BCUT2D eigenvalue weighted by Gasteiger charge is 2.22.